The van der Waals surface area contributed by atoms with Crippen molar-refractivity contribution in [2.75, 3.05) is 13.1 Å². The number of halogens is 1. The van der Waals surface area contributed by atoms with Gasteiger partial charge in [0.2, 0.25) is 10.0 Å². The van der Waals surface area contributed by atoms with Crippen LogP contribution in [0.15, 0.2) is 29.2 Å². The van der Waals surface area contributed by atoms with Gasteiger partial charge in [-0.2, -0.15) is 4.31 Å². The molecule has 1 rings (SSSR count). The third kappa shape index (κ3) is 4.21. The maximum Gasteiger partial charge on any atom is 0.243 e. The maximum atomic E-state index is 12.7. The molecule has 114 valence electrons. The highest BCUT2D eigenvalue weighted by atomic mass is 35.5. The molecule has 0 fully saturated rings. The first kappa shape index (κ1) is 17.5. The molecule has 0 aliphatic heterocycles. The fourth-order valence-corrected chi connectivity index (χ4v) is 3.93. The zero-order chi connectivity index (χ0) is 15.2. The first-order valence-corrected chi connectivity index (χ1v) is 9.12. The largest absolute Gasteiger partial charge is 0.243 e. The Balaban J connectivity index is 3.04. The Morgan fingerprint density at radius 3 is 2.35 bits per heavy atom. The molecule has 0 heterocycles. The zero-order valence-electron chi connectivity index (χ0n) is 12.5. The highest BCUT2D eigenvalue weighted by molar-refractivity contribution is 7.89. The van der Waals surface area contributed by atoms with Gasteiger partial charge in [0.1, 0.15) is 0 Å². The molecule has 0 spiro atoms. The van der Waals surface area contributed by atoms with Crippen LogP contribution < -0.4 is 0 Å². The van der Waals surface area contributed by atoms with Crippen LogP contribution in [0.25, 0.3) is 0 Å². The molecule has 0 N–H and O–H groups in total. The normalized spacial score (nSPS) is 12.3. The molecule has 0 aliphatic carbocycles. The Morgan fingerprint density at radius 1 is 1.20 bits per heavy atom. The van der Waals surface area contributed by atoms with Crippen molar-refractivity contribution in [3.63, 3.8) is 0 Å². The summed E-state index contributed by atoms with van der Waals surface area (Å²) < 4.78 is 26.9. The molecule has 0 aromatic heterocycles. The summed E-state index contributed by atoms with van der Waals surface area (Å²) in [5, 5.41) is 0. The predicted octanol–water partition coefficient (Wildman–Crippen LogP) is 3.87. The van der Waals surface area contributed by atoms with Crippen LogP contribution in [0.1, 0.15) is 39.2 Å². The lowest BCUT2D eigenvalue weighted by molar-refractivity contribution is 0.339. The Labute approximate surface area is 128 Å². The van der Waals surface area contributed by atoms with Crippen molar-refractivity contribution in [3.05, 3.63) is 29.8 Å². The van der Waals surface area contributed by atoms with Gasteiger partial charge in [0.05, 0.1) is 4.90 Å². The number of hydrogen-bond acceptors (Lipinski definition) is 2. The van der Waals surface area contributed by atoms with Gasteiger partial charge < -0.3 is 0 Å². The van der Waals surface area contributed by atoms with Crippen LogP contribution in [0.3, 0.4) is 0 Å². The second-order valence-electron chi connectivity index (χ2n) is 4.92. The van der Waals surface area contributed by atoms with Crippen LogP contribution >= 0.6 is 11.6 Å². The first-order chi connectivity index (χ1) is 9.49. The summed E-state index contributed by atoms with van der Waals surface area (Å²) in [5.41, 5.74) is 0.825. The van der Waals surface area contributed by atoms with Crippen LogP contribution in [0.5, 0.6) is 0 Å². The van der Waals surface area contributed by atoms with E-state index in [9.17, 15) is 8.42 Å². The molecule has 0 saturated heterocycles. The summed E-state index contributed by atoms with van der Waals surface area (Å²) >= 11 is 5.78. The fourth-order valence-electron chi connectivity index (χ4n) is 2.17. The summed E-state index contributed by atoms with van der Waals surface area (Å²) in [6.07, 6.45) is 1.98. The Bertz CT molecular complexity index is 512. The lowest BCUT2D eigenvalue weighted by Gasteiger charge is -2.25. The molecule has 20 heavy (non-hydrogen) atoms. The summed E-state index contributed by atoms with van der Waals surface area (Å²) in [4.78, 5) is 0.337. The molecule has 0 radical (unpaired) electrons. The van der Waals surface area contributed by atoms with E-state index in [0.717, 1.165) is 18.4 Å². The molecule has 1 aromatic rings. The number of nitrogens with zero attached hydrogens (tertiary/aromatic N) is 1. The van der Waals surface area contributed by atoms with Crippen molar-refractivity contribution in [1.82, 2.24) is 4.31 Å². The standard InChI is InChI=1S/C15H24ClNO2S/c1-4-13(5-2)12-17(6-3)20(18,19)15-9-7-8-14(10-15)11-16/h7-10,13H,4-6,11-12H2,1-3H3. The molecule has 5 heteroatoms. The maximum absolute atomic E-state index is 12.7. The van der Waals surface area contributed by atoms with Gasteiger partial charge in [0.15, 0.2) is 0 Å². The second kappa shape index (κ2) is 8.01. The van der Waals surface area contributed by atoms with Crippen molar-refractivity contribution in [1.29, 1.82) is 0 Å². The number of benzene rings is 1. The molecular weight excluding hydrogens is 294 g/mol. The van der Waals surface area contributed by atoms with Crippen molar-refractivity contribution >= 4 is 21.6 Å². The van der Waals surface area contributed by atoms with Gasteiger partial charge in [0.25, 0.3) is 0 Å². The highest BCUT2D eigenvalue weighted by Gasteiger charge is 2.25. The van der Waals surface area contributed by atoms with Gasteiger partial charge in [-0.3, -0.25) is 0 Å². The van der Waals surface area contributed by atoms with E-state index in [1.807, 2.05) is 13.0 Å². The summed E-state index contributed by atoms with van der Waals surface area (Å²) in [7, 11) is -3.42. The van der Waals surface area contributed by atoms with Crippen LogP contribution in [-0.2, 0) is 15.9 Å². The van der Waals surface area contributed by atoms with Crippen molar-refractivity contribution in [3.8, 4) is 0 Å². The van der Waals surface area contributed by atoms with Gasteiger partial charge in [-0.05, 0) is 23.6 Å². The second-order valence-corrected chi connectivity index (χ2v) is 7.12. The van der Waals surface area contributed by atoms with Crippen LogP contribution in [0.2, 0.25) is 0 Å². The van der Waals surface area contributed by atoms with E-state index >= 15 is 0 Å². The van der Waals surface area contributed by atoms with Crippen molar-refractivity contribution in [2.24, 2.45) is 5.92 Å². The minimum atomic E-state index is -3.42. The molecule has 0 aliphatic rings. The number of alkyl halides is 1. The SMILES string of the molecule is CCC(CC)CN(CC)S(=O)(=O)c1cccc(CCl)c1. The van der Waals surface area contributed by atoms with E-state index in [1.54, 1.807) is 22.5 Å². The van der Waals surface area contributed by atoms with E-state index in [1.165, 1.54) is 0 Å². The Hall–Kier alpha value is -0.580. The van der Waals surface area contributed by atoms with Crippen LogP contribution in [-0.4, -0.2) is 25.8 Å². The average molecular weight is 318 g/mol. The summed E-state index contributed by atoms with van der Waals surface area (Å²) in [5.74, 6) is 0.725. The molecule has 0 atom stereocenters. The van der Waals surface area contributed by atoms with Gasteiger partial charge in [-0.15, -0.1) is 11.6 Å². The number of hydrogen-bond donors (Lipinski definition) is 0. The fraction of sp³-hybridized carbons (Fsp3) is 0.600. The molecule has 0 saturated carbocycles. The summed E-state index contributed by atoms with van der Waals surface area (Å²) in [6, 6.07) is 6.89. The average Bonchev–Trinajstić information content (AvgIpc) is 2.48. The Kier molecular flexibility index (Phi) is 7.00. The molecule has 0 bridgehead atoms. The number of sulfonamides is 1. The van der Waals surface area contributed by atoms with Gasteiger partial charge in [-0.1, -0.05) is 45.7 Å². The minimum Gasteiger partial charge on any atom is -0.207 e. The van der Waals surface area contributed by atoms with E-state index in [-0.39, 0.29) is 0 Å². The topological polar surface area (TPSA) is 37.4 Å². The molecule has 3 nitrogen and oxygen atoms in total. The van der Waals surface area contributed by atoms with E-state index in [4.69, 9.17) is 11.6 Å². The quantitative estimate of drug-likeness (QED) is 0.682. The lowest BCUT2D eigenvalue weighted by atomic mass is 10.0. The first-order valence-electron chi connectivity index (χ1n) is 7.14. The van der Waals surface area contributed by atoms with Crippen LogP contribution in [0.4, 0.5) is 0 Å². The van der Waals surface area contributed by atoms with E-state index < -0.39 is 10.0 Å². The monoisotopic (exact) mass is 317 g/mol. The third-order valence-electron chi connectivity index (χ3n) is 3.66. The van der Waals surface area contributed by atoms with Crippen molar-refractivity contribution < 1.29 is 8.42 Å². The minimum absolute atomic E-state index is 0.321. The molecule has 0 unspecified atom stereocenters. The third-order valence-corrected chi connectivity index (χ3v) is 5.91. The molecular formula is C15H24ClNO2S. The van der Waals surface area contributed by atoms with Crippen molar-refractivity contribution in [2.45, 2.75) is 44.4 Å². The smallest absolute Gasteiger partial charge is 0.207 e. The predicted molar refractivity (Wildman–Crippen MR) is 84.5 cm³/mol. The van der Waals surface area contributed by atoms with E-state index in [0.29, 0.717) is 29.8 Å². The van der Waals surface area contributed by atoms with Gasteiger partial charge in [-0.25, -0.2) is 8.42 Å². The molecule has 1 aromatic carbocycles. The lowest BCUT2D eigenvalue weighted by Crippen LogP contribution is -2.35. The summed E-state index contributed by atoms with van der Waals surface area (Å²) in [6.45, 7) is 7.15. The number of rotatable bonds is 8. The van der Waals surface area contributed by atoms with Gasteiger partial charge >= 0.3 is 0 Å². The highest BCUT2D eigenvalue weighted by Crippen LogP contribution is 2.20. The molecule has 0 amide bonds. The van der Waals surface area contributed by atoms with Crippen LogP contribution in [0, 0.1) is 5.92 Å². The van der Waals surface area contributed by atoms with Gasteiger partial charge in [0, 0.05) is 19.0 Å². The Morgan fingerprint density at radius 2 is 1.85 bits per heavy atom. The zero-order valence-corrected chi connectivity index (χ0v) is 14.0. The van der Waals surface area contributed by atoms with E-state index in [2.05, 4.69) is 13.8 Å².